The van der Waals surface area contributed by atoms with Crippen LogP contribution in [0.25, 0.3) is 0 Å². The molecule has 0 fully saturated rings. The highest BCUT2D eigenvalue weighted by molar-refractivity contribution is 7.80. The molecule has 0 aromatic heterocycles. The Hall–Kier alpha value is -0.180. The lowest BCUT2D eigenvalue weighted by Crippen LogP contribution is -2.12. The Labute approximate surface area is 74.0 Å². The van der Waals surface area contributed by atoms with Crippen LogP contribution in [0.15, 0.2) is 0 Å². The van der Waals surface area contributed by atoms with Crippen molar-refractivity contribution in [3.8, 4) is 0 Å². The fourth-order valence-corrected chi connectivity index (χ4v) is 1.20. The summed E-state index contributed by atoms with van der Waals surface area (Å²) in [6.45, 7) is 2.15. The lowest BCUT2D eigenvalue weighted by Gasteiger charge is -2.07. The van der Waals surface area contributed by atoms with Gasteiger partial charge in [0, 0.05) is 11.7 Å². The second-order valence-corrected chi connectivity index (χ2v) is 3.53. The summed E-state index contributed by atoms with van der Waals surface area (Å²) in [5, 5.41) is 0.349. The molecule has 0 saturated carbocycles. The Morgan fingerprint density at radius 3 is 2.64 bits per heavy atom. The van der Waals surface area contributed by atoms with E-state index in [1.54, 1.807) is 0 Å². The standard InChI is InChI=1S/C8H17NOS/c1-2-3-4-7(11)5-6-8(9)10/h7,11H,2-6H2,1H3,(H2,9,10). The topological polar surface area (TPSA) is 43.1 Å². The monoisotopic (exact) mass is 175 g/mol. The number of carbonyl (C=O) groups is 1. The van der Waals surface area contributed by atoms with Crippen LogP contribution in [0.3, 0.4) is 0 Å². The summed E-state index contributed by atoms with van der Waals surface area (Å²) in [7, 11) is 0. The molecule has 66 valence electrons. The van der Waals surface area contributed by atoms with Gasteiger partial charge in [0.15, 0.2) is 0 Å². The van der Waals surface area contributed by atoms with E-state index in [1.165, 1.54) is 12.8 Å². The number of primary amides is 1. The molecule has 0 heterocycles. The van der Waals surface area contributed by atoms with Crippen LogP contribution in [-0.4, -0.2) is 11.2 Å². The molecule has 0 spiro atoms. The van der Waals surface area contributed by atoms with Gasteiger partial charge in [-0.2, -0.15) is 12.6 Å². The fourth-order valence-electron chi connectivity index (χ4n) is 0.893. The number of hydrogen-bond donors (Lipinski definition) is 2. The predicted octanol–water partition coefficient (Wildman–Crippen LogP) is 1.74. The molecule has 1 amide bonds. The van der Waals surface area contributed by atoms with Gasteiger partial charge in [-0.1, -0.05) is 19.8 Å². The largest absolute Gasteiger partial charge is 0.370 e. The Balaban J connectivity index is 3.22. The van der Waals surface area contributed by atoms with Crippen LogP contribution in [0.5, 0.6) is 0 Å². The Kier molecular flexibility index (Phi) is 6.42. The minimum Gasteiger partial charge on any atom is -0.370 e. The van der Waals surface area contributed by atoms with Gasteiger partial charge in [0.1, 0.15) is 0 Å². The van der Waals surface area contributed by atoms with Crippen LogP contribution >= 0.6 is 12.6 Å². The first-order valence-corrected chi connectivity index (χ1v) is 4.64. The number of carbonyl (C=O) groups excluding carboxylic acids is 1. The van der Waals surface area contributed by atoms with E-state index in [2.05, 4.69) is 19.6 Å². The second-order valence-electron chi connectivity index (χ2n) is 2.80. The van der Waals surface area contributed by atoms with E-state index in [-0.39, 0.29) is 5.91 Å². The molecule has 11 heavy (non-hydrogen) atoms. The van der Waals surface area contributed by atoms with Gasteiger partial charge in [0.2, 0.25) is 5.91 Å². The maximum atomic E-state index is 10.4. The van der Waals surface area contributed by atoms with Crippen LogP contribution in [0.2, 0.25) is 0 Å². The number of rotatable bonds is 6. The molecule has 0 radical (unpaired) electrons. The maximum Gasteiger partial charge on any atom is 0.217 e. The molecular formula is C8H17NOS. The highest BCUT2D eigenvalue weighted by atomic mass is 32.1. The van der Waals surface area contributed by atoms with E-state index >= 15 is 0 Å². The van der Waals surface area contributed by atoms with Crippen LogP contribution < -0.4 is 5.73 Å². The van der Waals surface area contributed by atoms with Crippen molar-refractivity contribution in [2.24, 2.45) is 5.73 Å². The third-order valence-electron chi connectivity index (χ3n) is 1.61. The third-order valence-corrected chi connectivity index (χ3v) is 2.13. The van der Waals surface area contributed by atoms with Crippen LogP contribution in [-0.2, 0) is 4.79 Å². The van der Waals surface area contributed by atoms with Crippen molar-refractivity contribution in [2.45, 2.75) is 44.3 Å². The van der Waals surface area contributed by atoms with E-state index in [0.717, 1.165) is 12.8 Å². The van der Waals surface area contributed by atoms with Gasteiger partial charge in [-0.3, -0.25) is 4.79 Å². The van der Waals surface area contributed by atoms with Gasteiger partial charge >= 0.3 is 0 Å². The van der Waals surface area contributed by atoms with Gasteiger partial charge in [0.25, 0.3) is 0 Å². The highest BCUT2D eigenvalue weighted by Gasteiger charge is 2.03. The first kappa shape index (κ1) is 10.8. The van der Waals surface area contributed by atoms with E-state index in [1.807, 2.05) is 0 Å². The minimum absolute atomic E-state index is 0.222. The summed E-state index contributed by atoms with van der Waals surface area (Å²) < 4.78 is 0. The van der Waals surface area contributed by atoms with Gasteiger partial charge in [-0.05, 0) is 12.8 Å². The zero-order valence-electron chi connectivity index (χ0n) is 7.05. The van der Waals surface area contributed by atoms with E-state index < -0.39 is 0 Å². The highest BCUT2D eigenvalue weighted by Crippen LogP contribution is 2.12. The van der Waals surface area contributed by atoms with Gasteiger partial charge in [-0.15, -0.1) is 0 Å². The van der Waals surface area contributed by atoms with E-state index in [0.29, 0.717) is 11.7 Å². The van der Waals surface area contributed by atoms with Crippen molar-refractivity contribution < 1.29 is 4.79 Å². The number of thiol groups is 1. The molecule has 0 bridgehead atoms. The lowest BCUT2D eigenvalue weighted by molar-refractivity contribution is -0.118. The third kappa shape index (κ3) is 7.72. The zero-order valence-corrected chi connectivity index (χ0v) is 7.94. The Morgan fingerprint density at radius 2 is 2.18 bits per heavy atom. The summed E-state index contributed by atoms with van der Waals surface area (Å²) >= 11 is 4.33. The molecule has 2 nitrogen and oxygen atoms in total. The Morgan fingerprint density at radius 1 is 1.55 bits per heavy atom. The number of nitrogens with two attached hydrogens (primary N) is 1. The molecule has 0 aliphatic carbocycles. The minimum atomic E-state index is -0.222. The van der Waals surface area contributed by atoms with E-state index in [4.69, 9.17) is 5.73 Å². The number of amides is 1. The number of unbranched alkanes of at least 4 members (excludes halogenated alkanes) is 1. The summed E-state index contributed by atoms with van der Waals surface area (Å²) in [5.74, 6) is -0.222. The van der Waals surface area contributed by atoms with Crippen molar-refractivity contribution in [3.63, 3.8) is 0 Å². The zero-order chi connectivity index (χ0) is 8.69. The quantitative estimate of drug-likeness (QED) is 0.593. The van der Waals surface area contributed by atoms with Crippen molar-refractivity contribution in [1.29, 1.82) is 0 Å². The molecule has 0 rings (SSSR count). The van der Waals surface area contributed by atoms with Gasteiger partial charge in [-0.25, -0.2) is 0 Å². The average Bonchev–Trinajstić information content (AvgIpc) is 1.97. The van der Waals surface area contributed by atoms with Crippen molar-refractivity contribution in [1.82, 2.24) is 0 Å². The smallest absolute Gasteiger partial charge is 0.217 e. The molecule has 0 aromatic rings. The maximum absolute atomic E-state index is 10.4. The van der Waals surface area contributed by atoms with Crippen molar-refractivity contribution in [3.05, 3.63) is 0 Å². The first-order chi connectivity index (χ1) is 5.16. The molecular weight excluding hydrogens is 158 g/mol. The molecule has 0 saturated heterocycles. The van der Waals surface area contributed by atoms with E-state index in [9.17, 15) is 4.79 Å². The van der Waals surface area contributed by atoms with Crippen LogP contribution in [0.4, 0.5) is 0 Å². The fraction of sp³-hybridized carbons (Fsp3) is 0.875. The summed E-state index contributed by atoms with van der Waals surface area (Å²) in [6, 6.07) is 0. The predicted molar refractivity (Wildman–Crippen MR) is 50.7 cm³/mol. The molecule has 0 aliphatic heterocycles. The molecule has 1 unspecified atom stereocenters. The van der Waals surface area contributed by atoms with Crippen molar-refractivity contribution >= 4 is 18.5 Å². The summed E-state index contributed by atoms with van der Waals surface area (Å²) in [4.78, 5) is 10.4. The number of hydrogen-bond acceptors (Lipinski definition) is 2. The van der Waals surface area contributed by atoms with Gasteiger partial charge < -0.3 is 5.73 Å². The molecule has 2 N–H and O–H groups in total. The van der Waals surface area contributed by atoms with Crippen LogP contribution in [0.1, 0.15) is 39.0 Å². The molecule has 0 aliphatic rings. The van der Waals surface area contributed by atoms with Gasteiger partial charge in [0.05, 0.1) is 0 Å². The average molecular weight is 175 g/mol. The molecule has 0 aromatic carbocycles. The summed E-state index contributed by atoms with van der Waals surface area (Å²) in [5.41, 5.74) is 5.00. The lowest BCUT2D eigenvalue weighted by atomic mass is 10.1. The normalized spacial score (nSPS) is 12.9. The Bertz CT molecular complexity index is 117. The van der Waals surface area contributed by atoms with Crippen LogP contribution in [0, 0.1) is 0 Å². The SMILES string of the molecule is CCCCC(S)CCC(N)=O. The molecule has 1 atom stereocenters. The van der Waals surface area contributed by atoms with Crippen molar-refractivity contribution in [2.75, 3.05) is 0 Å². The summed E-state index contributed by atoms with van der Waals surface area (Å²) in [6.07, 6.45) is 4.75. The second kappa shape index (κ2) is 6.53. The molecule has 3 heteroatoms. The first-order valence-electron chi connectivity index (χ1n) is 4.13.